The third kappa shape index (κ3) is 2.05. The number of guanidine groups is 1. The van der Waals surface area contributed by atoms with Crippen molar-refractivity contribution in [2.24, 2.45) is 10.9 Å². The van der Waals surface area contributed by atoms with Crippen LogP contribution in [0.3, 0.4) is 0 Å². The number of rotatable bonds is 2. The fourth-order valence-electron chi connectivity index (χ4n) is 4.33. The Kier molecular flexibility index (Phi) is 2.82. The van der Waals surface area contributed by atoms with Crippen molar-refractivity contribution in [1.82, 2.24) is 10.6 Å². The van der Waals surface area contributed by atoms with Gasteiger partial charge in [-0.3, -0.25) is 4.99 Å². The lowest BCUT2D eigenvalue weighted by Gasteiger charge is -2.38. The van der Waals surface area contributed by atoms with Crippen molar-refractivity contribution in [1.29, 1.82) is 0 Å². The van der Waals surface area contributed by atoms with Gasteiger partial charge >= 0.3 is 0 Å². The van der Waals surface area contributed by atoms with E-state index in [1.165, 1.54) is 19.3 Å². The SMILES string of the molecule is CC1(C)CCC2(CC2CNC2=NCCN2)c2ccccc21. The van der Waals surface area contributed by atoms with Crippen LogP contribution in [0.5, 0.6) is 0 Å². The van der Waals surface area contributed by atoms with E-state index in [0.29, 0.717) is 10.8 Å². The summed E-state index contributed by atoms with van der Waals surface area (Å²) >= 11 is 0. The first-order valence-electron chi connectivity index (χ1n) is 8.24. The zero-order chi connectivity index (χ0) is 14.5. The molecule has 1 spiro atoms. The number of hydrogen-bond donors (Lipinski definition) is 2. The summed E-state index contributed by atoms with van der Waals surface area (Å²) in [7, 11) is 0. The summed E-state index contributed by atoms with van der Waals surface area (Å²) in [4.78, 5) is 4.43. The number of fused-ring (bicyclic) bond motifs is 2. The molecule has 2 N–H and O–H groups in total. The molecule has 1 aliphatic heterocycles. The van der Waals surface area contributed by atoms with Crippen LogP contribution in [0, 0.1) is 5.92 Å². The van der Waals surface area contributed by atoms with E-state index in [9.17, 15) is 0 Å². The van der Waals surface area contributed by atoms with E-state index in [1.807, 2.05) is 0 Å². The number of nitrogens with one attached hydrogen (secondary N) is 2. The van der Waals surface area contributed by atoms with Crippen molar-refractivity contribution in [3.63, 3.8) is 0 Å². The Bertz CT molecular complexity index is 590. The lowest BCUT2D eigenvalue weighted by Crippen LogP contribution is -2.37. The quantitative estimate of drug-likeness (QED) is 0.875. The first-order chi connectivity index (χ1) is 10.1. The van der Waals surface area contributed by atoms with Gasteiger partial charge < -0.3 is 10.6 Å². The molecule has 21 heavy (non-hydrogen) atoms. The van der Waals surface area contributed by atoms with Crippen LogP contribution in [-0.2, 0) is 10.8 Å². The lowest BCUT2D eigenvalue weighted by molar-refractivity contribution is 0.366. The van der Waals surface area contributed by atoms with E-state index in [1.54, 1.807) is 11.1 Å². The average Bonchev–Trinajstić information content (AvgIpc) is 2.92. The number of benzene rings is 1. The van der Waals surface area contributed by atoms with Crippen LogP contribution in [0.2, 0.25) is 0 Å². The second-order valence-corrected chi connectivity index (χ2v) is 7.52. The molecule has 1 fully saturated rings. The Hall–Kier alpha value is -1.51. The molecule has 0 radical (unpaired) electrons. The predicted molar refractivity (Wildman–Crippen MR) is 86.8 cm³/mol. The van der Waals surface area contributed by atoms with Crippen molar-refractivity contribution in [3.8, 4) is 0 Å². The summed E-state index contributed by atoms with van der Waals surface area (Å²) in [6.07, 6.45) is 3.98. The zero-order valence-corrected chi connectivity index (χ0v) is 13.1. The predicted octanol–water partition coefficient (Wildman–Crippen LogP) is 2.56. The van der Waals surface area contributed by atoms with Gasteiger partial charge in [-0.15, -0.1) is 0 Å². The smallest absolute Gasteiger partial charge is 0.191 e. The summed E-state index contributed by atoms with van der Waals surface area (Å²) in [6, 6.07) is 9.14. The standard InChI is InChI=1S/C18H25N3/c1-17(2)7-8-18(15-6-4-3-5-14(15)17)11-13(18)12-21-16-19-9-10-20-16/h3-6,13H,7-12H2,1-2H3,(H2,19,20,21). The molecule has 2 atom stereocenters. The third-order valence-electron chi connectivity index (χ3n) is 5.81. The van der Waals surface area contributed by atoms with Gasteiger partial charge in [-0.25, -0.2) is 0 Å². The van der Waals surface area contributed by atoms with Gasteiger partial charge in [0.25, 0.3) is 0 Å². The topological polar surface area (TPSA) is 36.4 Å². The highest BCUT2D eigenvalue weighted by Gasteiger charge is 2.58. The molecule has 3 aliphatic rings. The minimum Gasteiger partial charge on any atom is -0.356 e. The molecular weight excluding hydrogens is 258 g/mol. The molecule has 3 heteroatoms. The fraction of sp³-hybridized carbons (Fsp3) is 0.611. The summed E-state index contributed by atoms with van der Waals surface area (Å²) in [5.74, 6) is 1.77. The highest BCUT2D eigenvalue weighted by molar-refractivity contribution is 5.81. The van der Waals surface area contributed by atoms with Gasteiger partial charge in [0.2, 0.25) is 0 Å². The molecule has 0 saturated heterocycles. The monoisotopic (exact) mass is 283 g/mol. The van der Waals surface area contributed by atoms with Crippen LogP contribution in [0.4, 0.5) is 0 Å². The maximum atomic E-state index is 4.43. The van der Waals surface area contributed by atoms with Crippen LogP contribution in [0.25, 0.3) is 0 Å². The van der Waals surface area contributed by atoms with Crippen molar-refractivity contribution in [2.45, 2.75) is 43.9 Å². The Morgan fingerprint density at radius 2 is 2.05 bits per heavy atom. The largest absolute Gasteiger partial charge is 0.356 e. The zero-order valence-electron chi connectivity index (χ0n) is 13.1. The molecule has 2 unspecified atom stereocenters. The van der Waals surface area contributed by atoms with Crippen molar-refractivity contribution >= 4 is 5.96 Å². The first kappa shape index (κ1) is 13.2. The summed E-state index contributed by atoms with van der Waals surface area (Å²) in [5.41, 5.74) is 3.97. The molecule has 1 saturated carbocycles. The summed E-state index contributed by atoms with van der Waals surface area (Å²) < 4.78 is 0. The number of aliphatic imine (C=N–C) groups is 1. The van der Waals surface area contributed by atoms with Crippen molar-refractivity contribution in [2.75, 3.05) is 19.6 Å². The third-order valence-corrected chi connectivity index (χ3v) is 5.81. The minimum atomic E-state index is 0.333. The van der Waals surface area contributed by atoms with Gasteiger partial charge in [-0.1, -0.05) is 38.1 Å². The van der Waals surface area contributed by atoms with E-state index in [0.717, 1.165) is 31.5 Å². The van der Waals surface area contributed by atoms with Gasteiger partial charge in [0.05, 0.1) is 6.54 Å². The molecule has 1 aromatic carbocycles. The highest BCUT2D eigenvalue weighted by atomic mass is 15.2. The van der Waals surface area contributed by atoms with E-state index >= 15 is 0 Å². The maximum absolute atomic E-state index is 4.43. The molecule has 0 aromatic heterocycles. The Balaban J connectivity index is 1.54. The van der Waals surface area contributed by atoms with Crippen LogP contribution >= 0.6 is 0 Å². The molecule has 0 bridgehead atoms. The fourth-order valence-corrected chi connectivity index (χ4v) is 4.33. The Labute approximate surface area is 127 Å². The average molecular weight is 283 g/mol. The molecule has 3 nitrogen and oxygen atoms in total. The van der Waals surface area contributed by atoms with E-state index in [-0.39, 0.29) is 0 Å². The molecular formula is C18H25N3. The van der Waals surface area contributed by atoms with Crippen LogP contribution in [0.15, 0.2) is 29.3 Å². The second kappa shape index (κ2) is 4.49. The van der Waals surface area contributed by atoms with Crippen LogP contribution < -0.4 is 10.6 Å². The van der Waals surface area contributed by atoms with Gasteiger partial charge in [0.15, 0.2) is 5.96 Å². The van der Waals surface area contributed by atoms with E-state index in [4.69, 9.17) is 0 Å². The van der Waals surface area contributed by atoms with Gasteiger partial charge in [-0.05, 0) is 41.7 Å². The molecule has 4 rings (SSSR count). The van der Waals surface area contributed by atoms with E-state index in [2.05, 4.69) is 53.7 Å². The van der Waals surface area contributed by atoms with Crippen LogP contribution in [-0.4, -0.2) is 25.6 Å². The molecule has 1 heterocycles. The first-order valence-corrected chi connectivity index (χ1v) is 8.24. The Morgan fingerprint density at radius 3 is 2.81 bits per heavy atom. The molecule has 2 aliphatic carbocycles. The second-order valence-electron chi connectivity index (χ2n) is 7.52. The maximum Gasteiger partial charge on any atom is 0.191 e. The highest BCUT2D eigenvalue weighted by Crippen LogP contribution is 2.62. The molecule has 112 valence electrons. The normalized spacial score (nSPS) is 32.3. The van der Waals surface area contributed by atoms with E-state index < -0.39 is 0 Å². The number of hydrogen-bond acceptors (Lipinski definition) is 3. The molecule has 0 amide bonds. The van der Waals surface area contributed by atoms with Gasteiger partial charge in [0, 0.05) is 18.5 Å². The molecule has 1 aromatic rings. The minimum absolute atomic E-state index is 0.333. The summed E-state index contributed by atoms with van der Waals surface area (Å²) in [6.45, 7) is 7.74. The van der Waals surface area contributed by atoms with Crippen molar-refractivity contribution in [3.05, 3.63) is 35.4 Å². The van der Waals surface area contributed by atoms with Crippen LogP contribution in [0.1, 0.15) is 44.2 Å². The van der Waals surface area contributed by atoms with Gasteiger partial charge in [0.1, 0.15) is 0 Å². The van der Waals surface area contributed by atoms with Crippen molar-refractivity contribution < 1.29 is 0 Å². The van der Waals surface area contributed by atoms with Gasteiger partial charge in [-0.2, -0.15) is 0 Å². The summed E-state index contributed by atoms with van der Waals surface area (Å²) in [5, 5.41) is 6.81. The number of nitrogens with zero attached hydrogens (tertiary/aromatic N) is 1. The Morgan fingerprint density at radius 1 is 1.24 bits per heavy atom. The lowest BCUT2D eigenvalue weighted by atomic mass is 9.66.